The number of rotatable bonds is 4. The number of methoxy groups -OCH3 is 1. The predicted octanol–water partition coefficient (Wildman–Crippen LogP) is 2.13. The molecule has 0 radical (unpaired) electrons. The highest BCUT2D eigenvalue weighted by molar-refractivity contribution is 5.94. The van der Waals surface area contributed by atoms with Crippen LogP contribution < -0.4 is 4.90 Å². The van der Waals surface area contributed by atoms with Crippen LogP contribution in [0.2, 0.25) is 0 Å². The van der Waals surface area contributed by atoms with Crippen molar-refractivity contribution in [1.82, 2.24) is 9.97 Å². The Bertz CT molecular complexity index is 755. The zero-order valence-electron chi connectivity index (χ0n) is 13.9. The van der Waals surface area contributed by atoms with E-state index in [4.69, 9.17) is 9.47 Å². The molecule has 3 rings (SSSR count). The number of hydrogen-bond acceptors (Lipinski definition) is 6. The molecule has 24 heavy (non-hydrogen) atoms. The van der Waals surface area contributed by atoms with E-state index in [-0.39, 0.29) is 17.9 Å². The molecule has 2 heterocycles. The van der Waals surface area contributed by atoms with Crippen molar-refractivity contribution in [3.8, 4) is 0 Å². The Kier molecular flexibility index (Phi) is 4.69. The second kappa shape index (κ2) is 6.90. The zero-order valence-corrected chi connectivity index (χ0v) is 13.9. The van der Waals surface area contributed by atoms with Gasteiger partial charge < -0.3 is 19.4 Å². The molecule has 1 aromatic heterocycles. The number of aromatic nitrogens is 2. The Hall–Kier alpha value is -2.57. The number of aromatic amines is 1. The molecular formula is C17H21N3O4. The molecular weight excluding hydrogens is 310 g/mol. The van der Waals surface area contributed by atoms with Gasteiger partial charge in [-0.05, 0) is 38.0 Å². The van der Waals surface area contributed by atoms with Crippen LogP contribution in [0.3, 0.4) is 0 Å². The van der Waals surface area contributed by atoms with Crippen molar-refractivity contribution in [2.24, 2.45) is 5.92 Å². The first kappa shape index (κ1) is 16.3. The molecule has 0 saturated carbocycles. The fourth-order valence-corrected chi connectivity index (χ4v) is 3.02. The number of nitrogens with one attached hydrogen (secondary N) is 1. The second-order valence-corrected chi connectivity index (χ2v) is 5.82. The van der Waals surface area contributed by atoms with Gasteiger partial charge in [-0.15, -0.1) is 0 Å². The lowest BCUT2D eigenvalue weighted by Gasteiger charge is -2.30. The van der Waals surface area contributed by atoms with Crippen LogP contribution in [0.15, 0.2) is 18.2 Å². The molecule has 1 fully saturated rings. The number of carbonyl (C=O) groups excluding carboxylic acids is 2. The van der Waals surface area contributed by atoms with E-state index in [1.165, 1.54) is 7.11 Å². The Labute approximate surface area is 139 Å². The lowest BCUT2D eigenvalue weighted by Crippen LogP contribution is -2.39. The Morgan fingerprint density at radius 2 is 2.25 bits per heavy atom. The van der Waals surface area contributed by atoms with Crippen molar-refractivity contribution in [1.29, 1.82) is 0 Å². The van der Waals surface area contributed by atoms with E-state index in [0.29, 0.717) is 24.7 Å². The molecule has 7 nitrogen and oxygen atoms in total. The number of hydrogen-bond donors (Lipinski definition) is 1. The molecule has 1 unspecified atom stereocenters. The maximum atomic E-state index is 11.8. The highest BCUT2D eigenvalue weighted by Gasteiger charge is 2.28. The van der Waals surface area contributed by atoms with Gasteiger partial charge >= 0.3 is 11.9 Å². The number of carbonyl (C=O) groups is 2. The number of esters is 2. The normalized spacial score (nSPS) is 17.8. The summed E-state index contributed by atoms with van der Waals surface area (Å²) in [7, 11) is 1.42. The molecule has 1 atom stereocenters. The minimum absolute atomic E-state index is 0.132. The van der Waals surface area contributed by atoms with Crippen LogP contribution >= 0.6 is 0 Å². The first-order valence-corrected chi connectivity index (χ1v) is 8.12. The molecule has 1 saturated heterocycles. The summed E-state index contributed by atoms with van der Waals surface area (Å²) in [6, 6.07) is 5.24. The van der Waals surface area contributed by atoms with Crippen LogP contribution in [0.4, 0.5) is 5.95 Å². The molecule has 0 amide bonds. The monoisotopic (exact) mass is 331 g/mol. The van der Waals surface area contributed by atoms with E-state index >= 15 is 0 Å². The molecule has 1 aliphatic rings. The minimum atomic E-state index is -0.348. The third kappa shape index (κ3) is 3.20. The number of imidazole rings is 1. The van der Waals surface area contributed by atoms with Gasteiger partial charge in [-0.25, -0.2) is 9.78 Å². The Morgan fingerprint density at radius 1 is 1.42 bits per heavy atom. The van der Waals surface area contributed by atoms with Gasteiger partial charge in [-0.3, -0.25) is 4.79 Å². The zero-order chi connectivity index (χ0) is 17.1. The summed E-state index contributed by atoms with van der Waals surface area (Å²) >= 11 is 0. The van der Waals surface area contributed by atoms with Crippen molar-refractivity contribution >= 4 is 28.9 Å². The summed E-state index contributed by atoms with van der Waals surface area (Å²) in [5.74, 6) is 0.0475. The smallest absolute Gasteiger partial charge is 0.338 e. The molecule has 128 valence electrons. The third-order valence-corrected chi connectivity index (χ3v) is 4.24. The topological polar surface area (TPSA) is 84.5 Å². The summed E-state index contributed by atoms with van der Waals surface area (Å²) in [5.41, 5.74) is 2.04. The maximum Gasteiger partial charge on any atom is 0.338 e. The van der Waals surface area contributed by atoms with Crippen LogP contribution in [0.5, 0.6) is 0 Å². The van der Waals surface area contributed by atoms with Gasteiger partial charge in [-0.1, -0.05) is 0 Å². The van der Waals surface area contributed by atoms with Gasteiger partial charge in [0.1, 0.15) is 0 Å². The molecule has 0 aliphatic carbocycles. The molecule has 0 bridgehead atoms. The lowest BCUT2D eigenvalue weighted by molar-refractivity contribution is -0.145. The van der Waals surface area contributed by atoms with E-state index in [2.05, 4.69) is 14.9 Å². The number of benzene rings is 1. The average molecular weight is 331 g/mol. The largest absolute Gasteiger partial charge is 0.469 e. The molecule has 1 aliphatic heterocycles. The van der Waals surface area contributed by atoms with Crippen molar-refractivity contribution in [2.45, 2.75) is 19.8 Å². The molecule has 0 spiro atoms. The van der Waals surface area contributed by atoms with E-state index in [1.54, 1.807) is 25.1 Å². The number of fused-ring (bicyclic) bond motifs is 1. The van der Waals surface area contributed by atoms with Crippen LogP contribution in [0, 0.1) is 5.92 Å². The summed E-state index contributed by atoms with van der Waals surface area (Å²) < 4.78 is 9.87. The SMILES string of the molecule is CCOC(=O)c1ccc2nc(N3CCCC(C(=O)OC)C3)[nH]c2c1. The highest BCUT2D eigenvalue weighted by atomic mass is 16.5. The first-order chi connectivity index (χ1) is 11.6. The van der Waals surface area contributed by atoms with E-state index in [9.17, 15) is 9.59 Å². The number of anilines is 1. The first-order valence-electron chi connectivity index (χ1n) is 8.12. The van der Waals surface area contributed by atoms with Gasteiger partial charge in [0.2, 0.25) is 5.95 Å². The fraction of sp³-hybridized carbons (Fsp3) is 0.471. The summed E-state index contributed by atoms with van der Waals surface area (Å²) in [4.78, 5) is 33.5. The van der Waals surface area contributed by atoms with Crippen molar-refractivity contribution in [3.63, 3.8) is 0 Å². The van der Waals surface area contributed by atoms with Crippen LogP contribution in [-0.2, 0) is 14.3 Å². The summed E-state index contributed by atoms with van der Waals surface area (Å²) in [6.45, 7) is 3.53. The lowest BCUT2D eigenvalue weighted by atomic mass is 9.98. The summed E-state index contributed by atoms with van der Waals surface area (Å²) in [6.07, 6.45) is 1.74. The second-order valence-electron chi connectivity index (χ2n) is 5.82. The fourth-order valence-electron chi connectivity index (χ4n) is 3.02. The minimum Gasteiger partial charge on any atom is -0.469 e. The van der Waals surface area contributed by atoms with Gasteiger partial charge in [0.05, 0.1) is 36.2 Å². The average Bonchev–Trinajstić information content (AvgIpc) is 3.04. The molecule has 1 N–H and O–H groups in total. The number of H-pyrrole nitrogens is 1. The van der Waals surface area contributed by atoms with Gasteiger partial charge in [-0.2, -0.15) is 0 Å². The standard InChI is InChI=1S/C17H21N3O4/c1-3-24-16(22)11-6-7-13-14(9-11)19-17(18-13)20-8-4-5-12(10-20)15(21)23-2/h6-7,9,12H,3-5,8,10H2,1-2H3,(H,18,19). The van der Waals surface area contributed by atoms with Gasteiger partial charge in [0.15, 0.2) is 0 Å². The van der Waals surface area contributed by atoms with E-state index < -0.39 is 0 Å². The molecule has 7 heteroatoms. The van der Waals surface area contributed by atoms with Crippen LogP contribution in [-0.4, -0.2) is 48.7 Å². The molecule has 1 aromatic carbocycles. The number of piperidine rings is 1. The van der Waals surface area contributed by atoms with Gasteiger partial charge in [0, 0.05) is 13.1 Å². The van der Waals surface area contributed by atoms with Crippen molar-refractivity contribution in [3.05, 3.63) is 23.8 Å². The molecule has 2 aromatic rings. The number of ether oxygens (including phenoxy) is 2. The van der Waals surface area contributed by atoms with Crippen molar-refractivity contribution < 1.29 is 19.1 Å². The predicted molar refractivity (Wildman–Crippen MR) is 89.0 cm³/mol. The van der Waals surface area contributed by atoms with E-state index in [0.717, 1.165) is 30.4 Å². The third-order valence-electron chi connectivity index (χ3n) is 4.24. The van der Waals surface area contributed by atoms with Gasteiger partial charge in [0.25, 0.3) is 0 Å². The van der Waals surface area contributed by atoms with Crippen LogP contribution in [0.25, 0.3) is 11.0 Å². The highest BCUT2D eigenvalue weighted by Crippen LogP contribution is 2.24. The Balaban J connectivity index is 1.82. The Morgan fingerprint density at radius 3 is 3.00 bits per heavy atom. The quantitative estimate of drug-likeness (QED) is 0.864. The maximum absolute atomic E-state index is 11.8. The summed E-state index contributed by atoms with van der Waals surface area (Å²) in [5, 5.41) is 0. The van der Waals surface area contributed by atoms with Crippen LogP contribution in [0.1, 0.15) is 30.1 Å². The van der Waals surface area contributed by atoms with Crippen molar-refractivity contribution in [2.75, 3.05) is 31.7 Å². The number of nitrogens with zero attached hydrogens (tertiary/aromatic N) is 2. The van der Waals surface area contributed by atoms with E-state index in [1.807, 2.05) is 0 Å².